The minimum atomic E-state index is -0.669. The predicted octanol–water partition coefficient (Wildman–Crippen LogP) is 3.41. The maximum atomic E-state index is 10.2. The minimum absolute atomic E-state index is 0.330. The molecular formula is C11H22O2S. The van der Waals surface area contributed by atoms with Crippen LogP contribution in [0.5, 0.6) is 0 Å². The molecule has 0 aliphatic rings. The van der Waals surface area contributed by atoms with Crippen molar-refractivity contribution < 1.29 is 9.90 Å². The third kappa shape index (κ3) is 11.8. The number of hydrogen-bond acceptors (Lipinski definition) is 2. The standard InChI is InChI=1S/C11H22O2S/c1-10(2)7-9-14-8-5-3-4-6-11(12)13/h10H,3-9H2,1-2H3,(H,12,13). The molecule has 0 radical (unpaired) electrons. The van der Waals surface area contributed by atoms with Crippen LogP contribution in [-0.2, 0) is 4.79 Å². The smallest absolute Gasteiger partial charge is 0.303 e. The summed E-state index contributed by atoms with van der Waals surface area (Å²) < 4.78 is 0. The number of carboxylic acid groups (broad SMARTS) is 1. The molecule has 0 heterocycles. The molecule has 14 heavy (non-hydrogen) atoms. The van der Waals surface area contributed by atoms with Crippen LogP contribution in [0.4, 0.5) is 0 Å². The van der Waals surface area contributed by atoms with Gasteiger partial charge in [-0.3, -0.25) is 4.79 Å². The fraction of sp³-hybridized carbons (Fsp3) is 0.909. The van der Waals surface area contributed by atoms with E-state index in [1.165, 1.54) is 17.9 Å². The van der Waals surface area contributed by atoms with E-state index in [9.17, 15) is 4.79 Å². The van der Waals surface area contributed by atoms with Crippen LogP contribution in [-0.4, -0.2) is 22.6 Å². The van der Waals surface area contributed by atoms with E-state index in [1.807, 2.05) is 11.8 Å². The maximum Gasteiger partial charge on any atom is 0.303 e. The third-order valence-electron chi connectivity index (χ3n) is 2.02. The van der Waals surface area contributed by atoms with Crippen molar-refractivity contribution in [2.45, 2.75) is 46.0 Å². The summed E-state index contributed by atoms with van der Waals surface area (Å²) in [5, 5.41) is 8.41. The average Bonchev–Trinajstić information content (AvgIpc) is 2.08. The minimum Gasteiger partial charge on any atom is -0.481 e. The molecule has 1 N–H and O–H groups in total. The second-order valence-electron chi connectivity index (χ2n) is 4.00. The topological polar surface area (TPSA) is 37.3 Å². The van der Waals surface area contributed by atoms with Crippen molar-refractivity contribution in [3.8, 4) is 0 Å². The lowest BCUT2D eigenvalue weighted by Crippen LogP contribution is -1.94. The lowest BCUT2D eigenvalue weighted by molar-refractivity contribution is -0.137. The summed E-state index contributed by atoms with van der Waals surface area (Å²) in [6, 6.07) is 0. The molecule has 0 saturated heterocycles. The fourth-order valence-electron chi connectivity index (χ4n) is 1.08. The Hall–Kier alpha value is -0.180. The van der Waals surface area contributed by atoms with Crippen molar-refractivity contribution >= 4 is 17.7 Å². The summed E-state index contributed by atoms with van der Waals surface area (Å²) in [6.07, 6.45) is 4.67. The monoisotopic (exact) mass is 218 g/mol. The van der Waals surface area contributed by atoms with Crippen molar-refractivity contribution in [2.75, 3.05) is 11.5 Å². The molecule has 0 aromatic carbocycles. The van der Waals surface area contributed by atoms with E-state index in [1.54, 1.807) is 0 Å². The normalized spacial score (nSPS) is 10.8. The van der Waals surface area contributed by atoms with Crippen LogP contribution in [0, 0.1) is 5.92 Å². The van der Waals surface area contributed by atoms with Crippen LogP contribution in [0.15, 0.2) is 0 Å². The van der Waals surface area contributed by atoms with E-state index in [2.05, 4.69) is 13.8 Å². The van der Waals surface area contributed by atoms with Gasteiger partial charge in [0.2, 0.25) is 0 Å². The molecule has 0 bridgehead atoms. The Bertz CT molecular complexity index is 146. The fourth-order valence-corrected chi connectivity index (χ4v) is 2.33. The molecule has 0 rings (SSSR count). The van der Waals surface area contributed by atoms with Crippen molar-refractivity contribution in [3.05, 3.63) is 0 Å². The second kappa shape index (κ2) is 9.38. The summed E-state index contributed by atoms with van der Waals surface area (Å²) >= 11 is 1.99. The molecule has 0 unspecified atom stereocenters. The summed E-state index contributed by atoms with van der Waals surface area (Å²) in [5.74, 6) is 2.56. The van der Waals surface area contributed by atoms with Gasteiger partial charge in [0.1, 0.15) is 0 Å². The Balaban J connectivity index is 2.96. The zero-order chi connectivity index (χ0) is 10.8. The zero-order valence-electron chi connectivity index (χ0n) is 9.29. The molecule has 3 heteroatoms. The Morgan fingerprint density at radius 2 is 1.93 bits per heavy atom. The van der Waals surface area contributed by atoms with E-state index in [0.29, 0.717) is 6.42 Å². The van der Waals surface area contributed by atoms with E-state index >= 15 is 0 Å². The van der Waals surface area contributed by atoms with Gasteiger partial charge in [0.05, 0.1) is 0 Å². The largest absolute Gasteiger partial charge is 0.481 e. The highest BCUT2D eigenvalue weighted by atomic mass is 32.2. The van der Waals surface area contributed by atoms with Crippen LogP contribution < -0.4 is 0 Å². The number of hydrogen-bond donors (Lipinski definition) is 1. The van der Waals surface area contributed by atoms with Gasteiger partial charge in [-0.1, -0.05) is 20.3 Å². The maximum absolute atomic E-state index is 10.2. The van der Waals surface area contributed by atoms with Gasteiger partial charge in [0.25, 0.3) is 0 Å². The van der Waals surface area contributed by atoms with Crippen molar-refractivity contribution in [1.29, 1.82) is 0 Å². The molecule has 0 aromatic rings. The van der Waals surface area contributed by atoms with Crippen LogP contribution in [0.3, 0.4) is 0 Å². The summed E-state index contributed by atoms with van der Waals surface area (Å²) in [7, 11) is 0. The van der Waals surface area contributed by atoms with Gasteiger partial charge in [-0.25, -0.2) is 0 Å². The third-order valence-corrected chi connectivity index (χ3v) is 3.12. The van der Waals surface area contributed by atoms with E-state index in [-0.39, 0.29) is 0 Å². The Kier molecular flexibility index (Phi) is 9.26. The lowest BCUT2D eigenvalue weighted by Gasteiger charge is -2.03. The van der Waals surface area contributed by atoms with Crippen molar-refractivity contribution in [2.24, 2.45) is 5.92 Å². The number of aliphatic carboxylic acids is 1. The van der Waals surface area contributed by atoms with E-state index in [4.69, 9.17) is 5.11 Å². The number of rotatable bonds is 9. The first-order chi connectivity index (χ1) is 6.63. The molecule has 0 saturated carbocycles. The summed E-state index contributed by atoms with van der Waals surface area (Å²) in [4.78, 5) is 10.2. The van der Waals surface area contributed by atoms with Crippen LogP contribution >= 0.6 is 11.8 Å². The highest BCUT2D eigenvalue weighted by molar-refractivity contribution is 7.99. The molecular weight excluding hydrogens is 196 g/mol. The van der Waals surface area contributed by atoms with Crippen LogP contribution in [0.2, 0.25) is 0 Å². The molecule has 0 aliphatic carbocycles. The van der Waals surface area contributed by atoms with Gasteiger partial charge in [-0.2, -0.15) is 11.8 Å². The quantitative estimate of drug-likeness (QED) is 0.603. The summed E-state index contributed by atoms with van der Waals surface area (Å²) in [5.41, 5.74) is 0. The number of thioether (sulfide) groups is 1. The van der Waals surface area contributed by atoms with E-state index in [0.717, 1.165) is 25.2 Å². The zero-order valence-corrected chi connectivity index (χ0v) is 10.1. The van der Waals surface area contributed by atoms with Crippen molar-refractivity contribution in [1.82, 2.24) is 0 Å². The lowest BCUT2D eigenvalue weighted by atomic mass is 10.2. The van der Waals surface area contributed by atoms with Crippen LogP contribution in [0.1, 0.15) is 46.0 Å². The van der Waals surface area contributed by atoms with Crippen LogP contribution in [0.25, 0.3) is 0 Å². The number of unbranched alkanes of at least 4 members (excludes halogenated alkanes) is 2. The highest BCUT2D eigenvalue weighted by Gasteiger charge is 1.97. The molecule has 0 aromatic heterocycles. The first-order valence-electron chi connectivity index (χ1n) is 5.42. The Morgan fingerprint density at radius 3 is 2.50 bits per heavy atom. The molecule has 0 amide bonds. The van der Waals surface area contributed by atoms with Gasteiger partial charge in [0.15, 0.2) is 0 Å². The van der Waals surface area contributed by atoms with Gasteiger partial charge in [-0.15, -0.1) is 0 Å². The molecule has 2 nitrogen and oxygen atoms in total. The molecule has 0 atom stereocenters. The Morgan fingerprint density at radius 1 is 1.21 bits per heavy atom. The number of carboxylic acids is 1. The van der Waals surface area contributed by atoms with Gasteiger partial charge < -0.3 is 5.11 Å². The van der Waals surface area contributed by atoms with Gasteiger partial charge >= 0.3 is 5.97 Å². The Labute approximate surface area is 91.5 Å². The summed E-state index contributed by atoms with van der Waals surface area (Å²) in [6.45, 7) is 4.49. The highest BCUT2D eigenvalue weighted by Crippen LogP contribution is 2.11. The van der Waals surface area contributed by atoms with Crippen molar-refractivity contribution in [3.63, 3.8) is 0 Å². The molecule has 0 aliphatic heterocycles. The van der Waals surface area contributed by atoms with E-state index < -0.39 is 5.97 Å². The first-order valence-corrected chi connectivity index (χ1v) is 6.58. The second-order valence-corrected chi connectivity index (χ2v) is 5.22. The van der Waals surface area contributed by atoms with Gasteiger partial charge in [-0.05, 0) is 36.7 Å². The molecule has 84 valence electrons. The molecule has 0 spiro atoms. The average molecular weight is 218 g/mol. The first kappa shape index (κ1) is 13.8. The predicted molar refractivity (Wildman–Crippen MR) is 62.9 cm³/mol. The number of carbonyl (C=O) groups is 1. The molecule has 0 fully saturated rings. The van der Waals surface area contributed by atoms with Gasteiger partial charge in [0, 0.05) is 6.42 Å². The SMILES string of the molecule is CC(C)CCSCCCCCC(=O)O.